The number of nitrogens with one attached hydrogen (secondary N) is 2. The number of halogens is 1. The van der Waals surface area contributed by atoms with Crippen LogP contribution in [0.5, 0.6) is 5.75 Å². The van der Waals surface area contributed by atoms with Crippen molar-refractivity contribution < 1.29 is 26.4 Å². The minimum absolute atomic E-state index is 0.0602. The Hall–Kier alpha value is -3.00. The molecule has 40 heavy (non-hydrogen) atoms. The van der Waals surface area contributed by atoms with Gasteiger partial charge in [-0.3, -0.25) is 4.79 Å². The molecule has 1 atom stereocenters. The summed E-state index contributed by atoms with van der Waals surface area (Å²) in [5.74, 6) is -0.545. The normalized spacial score (nSPS) is 15.9. The summed E-state index contributed by atoms with van der Waals surface area (Å²) in [7, 11) is -4.63. The van der Waals surface area contributed by atoms with Crippen molar-refractivity contribution in [2.45, 2.75) is 22.3 Å². The Balaban J connectivity index is 1.55. The lowest BCUT2D eigenvalue weighted by atomic mass is 10.1. The molecule has 1 saturated heterocycles. The van der Waals surface area contributed by atoms with E-state index in [1.54, 1.807) is 24.3 Å². The largest absolute Gasteiger partial charge is 0.495 e. The fraction of sp³-hybridized carbons (Fsp3) is 0.296. The molecule has 0 aliphatic carbocycles. The number of benzene rings is 3. The van der Waals surface area contributed by atoms with Gasteiger partial charge in [-0.25, -0.2) is 16.8 Å². The van der Waals surface area contributed by atoms with Gasteiger partial charge < -0.3 is 15.0 Å². The molecule has 3 aromatic carbocycles. The fourth-order valence-electron chi connectivity index (χ4n) is 4.27. The third-order valence-corrected chi connectivity index (χ3v) is 10.2. The van der Waals surface area contributed by atoms with Gasteiger partial charge in [0.2, 0.25) is 26.0 Å². The zero-order valence-corrected chi connectivity index (χ0v) is 24.5. The zero-order valence-electron chi connectivity index (χ0n) is 22.1. The van der Waals surface area contributed by atoms with Crippen LogP contribution in [0.2, 0.25) is 5.02 Å². The monoisotopic (exact) mass is 606 g/mol. The Morgan fingerprint density at radius 3 is 2.23 bits per heavy atom. The Kier molecular flexibility index (Phi) is 9.49. The summed E-state index contributed by atoms with van der Waals surface area (Å²) in [6.07, 6.45) is 0.0602. The Bertz CT molecular complexity index is 1540. The molecule has 1 aliphatic heterocycles. The summed E-state index contributed by atoms with van der Waals surface area (Å²) in [5, 5.41) is 2.89. The van der Waals surface area contributed by atoms with Crippen LogP contribution in [0, 0.1) is 0 Å². The minimum atomic E-state index is -4.23. The van der Waals surface area contributed by atoms with E-state index in [4.69, 9.17) is 16.3 Å². The molecule has 0 spiro atoms. The Labute approximate surface area is 240 Å². The third kappa shape index (κ3) is 7.19. The Morgan fingerprint density at radius 2 is 1.60 bits per heavy atom. The number of methoxy groups -OCH3 is 1. The molecule has 1 aliphatic rings. The Morgan fingerprint density at radius 1 is 0.950 bits per heavy atom. The molecule has 1 fully saturated rings. The number of likely N-dealkylation sites (N-methyl/N-ethyl adjacent to an activating group) is 1. The van der Waals surface area contributed by atoms with Gasteiger partial charge in [0.25, 0.3) is 0 Å². The second kappa shape index (κ2) is 12.7. The van der Waals surface area contributed by atoms with Crippen LogP contribution in [-0.2, 0) is 31.3 Å². The maximum atomic E-state index is 13.4. The van der Waals surface area contributed by atoms with Gasteiger partial charge in [0.05, 0.1) is 12.0 Å². The predicted molar refractivity (Wildman–Crippen MR) is 154 cm³/mol. The van der Waals surface area contributed by atoms with Gasteiger partial charge in [-0.1, -0.05) is 41.9 Å². The molecule has 1 amide bonds. The predicted octanol–water partition coefficient (Wildman–Crippen LogP) is 2.81. The molecular weight excluding hydrogens is 576 g/mol. The number of hydrogen-bond acceptors (Lipinski definition) is 7. The quantitative estimate of drug-likeness (QED) is 0.364. The van der Waals surface area contributed by atoms with Crippen molar-refractivity contribution >= 4 is 43.2 Å². The van der Waals surface area contributed by atoms with Crippen LogP contribution in [0.25, 0.3) is 0 Å². The number of hydrogen-bond donors (Lipinski definition) is 2. The first-order valence-corrected chi connectivity index (χ1v) is 15.8. The highest BCUT2D eigenvalue weighted by atomic mass is 35.5. The molecule has 3 aromatic rings. The molecule has 0 bridgehead atoms. The highest BCUT2D eigenvalue weighted by Crippen LogP contribution is 2.27. The molecule has 0 saturated carbocycles. The van der Waals surface area contributed by atoms with E-state index >= 15 is 0 Å². The number of piperazine rings is 1. The first-order chi connectivity index (χ1) is 19.0. The molecule has 2 N–H and O–H groups in total. The van der Waals surface area contributed by atoms with Gasteiger partial charge in [0.1, 0.15) is 16.7 Å². The maximum absolute atomic E-state index is 13.4. The van der Waals surface area contributed by atoms with E-state index in [1.807, 2.05) is 13.1 Å². The second-order valence-corrected chi connectivity index (χ2v) is 13.4. The van der Waals surface area contributed by atoms with Crippen LogP contribution in [0.1, 0.15) is 5.56 Å². The van der Waals surface area contributed by atoms with Crippen molar-refractivity contribution in [3.8, 4) is 5.75 Å². The van der Waals surface area contributed by atoms with Crippen LogP contribution in [0.3, 0.4) is 0 Å². The molecular formula is C27H31ClN4O6S2. The first kappa shape index (κ1) is 30.0. The maximum Gasteiger partial charge on any atom is 0.245 e. The second-order valence-electron chi connectivity index (χ2n) is 9.38. The summed E-state index contributed by atoms with van der Waals surface area (Å²) in [6.45, 7) is 2.09. The number of amides is 1. The van der Waals surface area contributed by atoms with Crippen LogP contribution in [-0.4, -0.2) is 78.3 Å². The summed E-state index contributed by atoms with van der Waals surface area (Å²) in [6, 6.07) is 17.8. The average molecular weight is 607 g/mol. The van der Waals surface area contributed by atoms with Crippen molar-refractivity contribution in [2.75, 3.05) is 45.7 Å². The first-order valence-electron chi connectivity index (χ1n) is 12.5. The lowest BCUT2D eigenvalue weighted by Gasteiger charge is -2.31. The SMILES string of the molecule is COc1ccc(Cl)cc1S(=O)(=O)N[C@@H](Cc1ccccc1)C(=O)Nc1ccc(S(=O)(=O)N2CCN(C)CC2)cc1. The molecule has 13 heteroatoms. The van der Waals surface area contributed by atoms with Crippen LogP contribution in [0.4, 0.5) is 5.69 Å². The van der Waals surface area contributed by atoms with Crippen LogP contribution >= 0.6 is 11.6 Å². The summed E-state index contributed by atoms with van der Waals surface area (Å²) in [4.78, 5) is 15.4. The summed E-state index contributed by atoms with van der Waals surface area (Å²) < 4.78 is 61.9. The highest BCUT2D eigenvalue weighted by Gasteiger charge is 2.30. The molecule has 10 nitrogen and oxygen atoms in total. The van der Waals surface area contributed by atoms with Gasteiger partial charge in [-0.05, 0) is 61.5 Å². The highest BCUT2D eigenvalue weighted by molar-refractivity contribution is 7.89. The average Bonchev–Trinajstić information content (AvgIpc) is 2.93. The number of ether oxygens (including phenoxy) is 1. The number of rotatable bonds is 10. The van der Waals surface area contributed by atoms with Gasteiger partial charge in [0.15, 0.2) is 0 Å². The molecule has 4 rings (SSSR count). The standard InChI is InChI=1S/C27H31ClN4O6S2/c1-31-14-16-32(17-15-31)40(36,37)23-11-9-22(10-12-23)29-27(33)24(18-20-6-4-3-5-7-20)30-39(34,35)26-19-21(28)8-13-25(26)38-2/h3-13,19,24,30H,14-18H2,1-2H3,(H,29,33)/t24-/m0/s1. The van der Waals surface area contributed by atoms with E-state index in [2.05, 4.69) is 14.9 Å². The molecule has 0 radical (unpaired) electrons. The molecule has 0 aromatic heterocycles. The van der Waals surface area contributed by atoms with Crippen molar-refractivity contribution in [1.29, 1.82) is 0 Å². The topological polar surface area (TPSA) is 125 Å². The zero-order chi connectivity index (χ0) is 28.9. The number of carbonyl (C=O) groups is 1. The fourth-order valence-corrected chi connectivity index (χ4v) is 7.32. The van der Waals surface area contributed by atoms with E-state index < -0.39 is 32.0 Å². The van der Waals surface area contributed by atoms with Gasteiger partial charge in [-0.2, -0.15) is 9.03 Å². The van der Waals surface area contributed by atoms with E-state index in [0.29, 0.717) is 31.9 Å². The minimum Gasteiger partial charge on any atom is -0.495 e. The molecule has 1 heterocycles. The number of anilines is 1. The lowest BCUT2D eigenvalue weighted by Crippen LogP contribution is -2.47. The van der Waals surface area contributed by atoms with Crippen molar-refractivity contribution in [2.24, 2.45) is 0 Å². The van der Waals surface area contributed by atoms with Crippen molar-refractivity contribution in [3.05, 3.63) is 83.4 Å². The molecule has 214 valence electrons. The van der Waals surface area contributed by atoms with E-state index in [-0.39, 0.29) is 27.0 Å². The van der Waals surface area contributed by atoms with E-state index in [1.165, 1.54) is 53.9 Å². The van der Waals surface area contributed by atoms with Gasteiger partial charge >= 0.3 is 0 Å². The van der Waals surface area contributed by atoms with Crippen molar-refractivity contribution in [1.82, 2.24) is 13.9 Å². The van der Waals surface area contributed by atoms with E-state index in [0.717, 1.165) is 5.56 Å². The summed E-state index contributed by atoms with van der Waals surface area (Å²) >= 11 is 6.04. The van der Waals surface area contributed by atoms with Crippen LogP contribution < -0.4 is 14.8 Å². The number of nitrogens with zero attached hydrogens (tertiary/aromatic N) is 2. The van der Waals surface area contributed by atoms with Gasteiger partial charge in [0, 0.05) is 36.9 Å². The third-order valence-electron chi connectivity index (χ3n) is 6.53. The number of carbonyl (C=O) groups excluding carboxylic acids is 1. The smallest absolute Gasteiger partial charge is 0.245 e. The lowest BCUT2D eigenvalue weighted by molar-refractivity contribution is -0.117. The summed E-state index contributed by atoms with van der Waals surface area (Å²) in [5.41, 5.74) is 1.05. The van der Waals surface area contributed by atoms with Crippen molar-refractivity contribution in [3.63, 3.8) is 0 Å². The number of sulfonamides is 2. The van der Waals surface area contributed by atoms with Crippen LogP contribution in [0.15, 0.2) is 82.6 Å². The van der Waals surface area contributed by atoms with E-state index in [9.17, 15) is 21.6 Å². The molecule has 0 unspecified atom stereocenters. The van der Waals surface area contributed by atoms with Gasteiger partial charge in [-0.15, -0.1) is 0 Å².